The monoisotopic (exact) mass is 478 g/mol. The van der Waals surface area contributed by atoms with Gasteiger partial charge in [-0.1, -0.05) is 24.3 Å². The molecule has 10 heteroatoms. The lowest BCUT2D eigenvalue weighted by Crippen LogP contribution is -2.36. The Bertz CT molecular complexity index is 1130. The average molecular weight is 478 g/mol. The van der Waals surface area contributed by atoms with Gasteiger partial charge in [0.05, 0.1) is 23.9 Å². The summed E-state index contributed by atoms with van der Waals surface area (Å²) in [5.74, 6) is -1.14. The first-order chi connectivity index (χ1) is 16.2. The van der Waals surface area contributed by atoms with Crippen LogP contribution in [0.15, 0.2) is 59.1 Å². The molecule has 1 aromatic heterocycles. The summed E-state index contributed by atoms with van der Waals surface area (Å²) in [4.78, 5) is 30.1. The zero-order valence-corrected chi connectivity index (χ0v) is 18.3. The molecular weight excluding hydrogens is 456 g/mol. The predicted octanol–water partition coefficient (Wildman–Crippen LogP) is 5.02. The number of hydrogen-bond donors (Lipinski definition) is 0. The van der Waals surface area contributed by atoms with E-state index in [1.807, 2.05) is 0 Å². The summed E-state index contributed by atoms with van der Waals surface area (Å²) in [7, 11) is 0. The smallest absolute Gasteiger partial charge is 0.416 e. The Labute approximate surface area is 193 Å². The summed E-state index contributed by atoms with van der Waals surface area (Å²) in [6.07, 6.45) is -3.12. The van der Waals surface area contributed by atoms with E-state index in [0.717, 1.165) is 12.1 Å². The third-order valence-electron chi connectivity index (χ3n) is 4.88. The lowest BCUT2D eigenvalue weighted by Gasteiger charge is -2.22. The molecule has 0 aliphatic heterocycles. The fourth-order valence-electron chi connectivity index (χ4n) is 3.20. The highest BCUT2D eigenvalue weighted by Gasteiger charge is 2.30. The van der Waals surface area contributed by atoms with Crippen molar-refractivity contribution in [1.82, 2.24) is 9.88 Å². The minimum absolute atomic E-state index is 0.0815. The molecule has 0 spiro atoms. The number of rotatable bonds is 9. The fraction of sp³-hybridized carbons (Fsp3) is 0.292. The van der Waals surface area contributed by atoms with Gasteiger partial charge >= 0.3 is 12.1 Å². The maximum Gasteiger partial charge on any atom is 0.416 e. The van der Waals surface area contributed by atoms with Crippen molar-refractivity contribution in [1.29, 1.82) is 0 Å². The number of hydrogen-bond acceptors (Lipinski definition) is 5. The number of amides is 1. The Morgan fingerprint density at radius 3 is 2.44 bits per heavy atom. The van der Waals surface area contributed by atoms with Crippen LogP contribution in [0, 0.1) is 5.82 Å². The zero-order chi connectivity index (χ0) is 24.7. The van der Waals surface area contributed by atoms with Crippen molar-refractivity contribution in [3.63, 3.8) is 0 Å². The minimum Gasteiger partial charge on any atom is -0.465 e. The van der Waals surface area contributed by atoms with E-state index in [2.05, 4.69) is 4.98 Å². The number of aromatic nitrogens is 1. The summed E-state index contributed by atoms with van der Waals surface area (Å²) in [6.45, 7) is 1.30. The second-order valence-electron chi connectivity index (χ2n) is 7.35. The molecule has 180 valence electrons. The molecule has 0 fully saturated rings. The molecule has 34 heavy (non-hydrogen) atoms. The molecule has 0 saturated heterocycles. The van der Waals surface area contributed by atoms with Crippen LogP contribution < -0.4 is 0 Å². The lowest BCUT2D eigenvalue weighted by atomic mass is 10.1. The van der Waals surface area contributed by atoms with Crippen LogP contribution in [0.1, 0.15) is 30.4 Å². The molecule has 0 aliphatic carbocycles. The molecule has 3 aromatic rings. The summed E-state index contributed by atoms with van der Waals surface area (Å²) in [5.41, 5.74) is -0.156. The van der Waals surface area contributed by atoms with Crippen LogP contribution in [0.4, 0.5) is 17.6 Å². The number of carbonyl (C=O) groups excluding carboxylic acids is 2. The maximum absolute atomic E-state index is 13.9. The predicted molar refractivity (Wildman–Crippen MR) is 114 cm³/mol. The Balaban J connectivity index is 1.68. The quantitative estimate of drug-likeness (QED) is 0.319. The molecule has 0 saturated carbocycles. The maximum atomic E-state index is 13.9. The van der Waals surface area contributed by atoms with Gasteiger partial charge in [0.15, 0.2) is 11.7 Å². The van der Waals surface area contributed by atoms with E-state index in [1.54, 1.807) is 19.1 Å². The average Bonchev–Trinajstić information content (AvgIpc) is 3.26. The molecule has 1 amide bonds. The Morgan fingerprint density at radius 1 is 1.09 bits per heavy atom. The molecule has 2 aromatic carbocycles. The molecule has 0 radical (unpaired) electrons. The molecule has 0 atom stereocenters. The zero-order valence-electron chi connectivity index (χ0n) is 18.3. The van der Waals surface area contributed by atoms with Gasteiger partial charge in [0.25, 0.3) is 0 Å². The molecule has 0 unspecified atom stereocenters. The summed E-state index contributed by atoms with van der Waals surface area (Å²) in [5, 5.41) is 0. The van der Waals surface area contributed by atoms with Crippen molar-refractivity contribution in [2.75, 3.05) is 13.2 Å². The van der Waals surface area contributed by atoms with Gasteiger partial charge in [-0.2, -0.15) is 13.2 Å². The van der Waals surface area contributed by atoms with E-state index >= 15 is 0 Å². The number of aryl methyl sites for hydroxylation is 1. The molecule has 3 rings (SSSR count). The number of ether oxygens (including phenoxy) is 1. The van der Waals surface area contributed by atoms with Crippen molar-refractivity contribution in [3.8, 4) is 11.3 Å². The van der Waals surface area contributed by atoms with Crippen molar-refractivity contribution in [2.24, 2.45) is 0 Å². The second-order valence-corrected chi connectivity index (χ2v) is 7.35. The number of nitrogens with zero attached hydrogens (tertiary/aromatic N) is 2. The number of esters is 1. The largest absolute Gasteiger partial charge is 0.465 e. The molecule has 6 nitrogen and oxygen atoms in total. The molecule has 0 aliphatic rings. The van der Waals surface area contributed by atoms with Gasteiger partial charge in [-0.05, 0) is 36.8 Å². The number of alkyl halides is 3. The second kappa shape index (κ2) is 11.0. The highest BCUT2D eigenvalue weighted by atomic mass is 19.4. The highest BCUT2D eigenvalue weighted by Crippen LogP contribution is 2.29. The van der Waals surface area contributed by atoms with Crippen molar-refractivity contribution >= 4 is 11.9 Å². The third kappa shape index (κ3) is 6.66. The van der Waals surface area contributed by atoms with Gasteiger partial charge < -0.3 is 14.1 Å². The van der Waals surface area contributed by atoms with Gasteiger partial charge in [0, 0.05) is 19.4 Å². The van der Waals surface area contributed by atoms with Crippen LogP contribution in [-0.4, -0.2) is 34.9 Å². The topological polar surface area (TPSA) is 72.6 Å². The first kappa shape index (κ1) is 24.9. The minimum atomic E-state index is -4.48. The number of oxazole rings is 1. The standard InChI is InChI=1S/C24H22F4N2O4/c1-2-33-23(32)15-30(14-16-7-9-17(10-8-16)24(26,27)28)22(31)12-11-21-29-13-20(34-21)18-5-3-4-6-19(18)25/h3-10,13H,2,11-12,14-15H2,1H3. The number of halogens is 4. The van der Waals surface area contributed by atoms with Gasteiger partial charge in [0.1, 0.15) is 12.4 Å². The van der Waals surface area contributed by atoms with E-state index in [1.165, 1.54) is 35.4 Å². The molecule has 1 heterocycles. The van der Waals surface area contributed by atoms with Crippen LogP contribution in [0.5, 0.6) is 0 Å². The lowest BCUT2D eigenvalue weighted by molar-refractivity contribution is -0.149. The van der Waals surface area contributed by atoms with Gasteiger partial charge in [-0.25, -0.2) is 9.37 Å². The Hall–Kier alpha value is -3.69. The van der Waals surface area contributed by atoms with E-state index in [9.17, 15) is 27.2 Å². The van der Waals surface area contributed by atoms with Gasteiger partial charge in [0.2, 0.25) is 5.91 Å². The Kier molecular flexibility index (Phi) is 8.04. The van der Waals surface area contributed by atoms with E-state index in [0.29, 0.717) is 5.56 Å². The number of carbonyl (C=O) groups is 2. The molecule has 0 bridgehead atoms. The fourth-order valence-corrected chi connectivity index (χ4v) is 3.20. The normalized spacial score (nSPS) is 11.3. The van der Waals surface area contributed by atoms with E-state index < -0.39 is 29.4 Å². The van der Waals surface area contributed by atoms with Crippen molar-refractivity contribution in [3.05, 3.63) is 77.6 Å². The van der Waals surface area contributed by atoms with Crippen LogP contribution in [0.3, 0.4) is 0 Å². The van der Waals surface area contributed by atoms with Crippen molar-refractivity contribution in [2.45, 2.75) is 32.5 Å². The summed E-state index contributed by atoms with van der Waals surface area (Å²) < 4.78 is 62.8. The third-order valence-corrected chi connectivity index (χ3v) is 4.88. The highest BCUT2D eigenvalue weighted by molar-refractivity contribution is 5.82. The molecule has 0 N–H and O–H groups in total. The van der Waals surface area contributed by atoms with Crippen molar-refractivity contribution < 1.29 is 36.3 Å². The first-order valence-electron chi connectivity index (χ1n) is 10.5. The summed E-state index contributed by atoms with van der Waals surface area (Å²) in [6, 6.07) is 10.4. The summed E-state index contributed by atoms with van der Waals surface area (Å²) >= 11 is 0. The number of benzene rings is 2. The van der Waals surface area contributed by atoms with Crippen LogP contribution in [0.25, 0.3) is 11.3 Å². The molecular formula is C24H22F4N2O4. The van der Waals surface area contributed by atoms with Crippen LogP contribution in [-0.2, 0) is 33.5 Å². The van der Waals surface area contributed by atoms with E-state index in [4.69, 9.17) is 9.15 Å². The van der Waals surface area contributed by atoms with Crippen LogP contribution in [0.2, 0.25) is 0 Å². The van der Waals surface area contributed by atoms with Gasteiger partial charge in [-0.15, -0.1) is 0 Å². The first-order valence-corrected chi connectivity index (χ1v) is 10.5. The van der Waals surface area contributed by atoms with Crippen LogP contribution >= 0.6 is 0 Å². The SMILES string of the molecule is CCOC(=O)CN(Cc1ccc(C(F)(F)F)cc1)C(=O)CCc1ncc(-c2ccccc2F)o1. The van der Waals surface area contributed by atoms with Gasteiger partial charge in [-0.3, -0.25) is 9.59 Å². The Morgan fingerprint density at radius 2 is 1.79 bits per heavy atom. The van der Waals surface area contributed by atoms with E-state index in [-0.39, 0.29) is 49.8 Å².